The van der Waals surface area contributed by atoms with Gasteiger partial charge in [-0.25, -0.2) is 8.42 Å². The fourth-order valence-electron chi connectivity index (χ4n) is 3.37. The lowest BCUT2D eigenvalue weighted by atomic mass is 9.89. The molecule has 1 saturated heterocycles. The average Bonchev–Trinajstić information content (AvgIpc) is 3.08. The highest BCUT2D eigenvalue weighted by Crippen LogP contribution is 2.35. The molecule has 1 fully saturated rings. The van der Waals surface area contributed by atoms with Crippen LogP contribution in [0, 0.1) is 5.92 Å². The highest BCUT2D eigenvalue weighted by atomic mass is 35.5. The average molecular weight is 395 g/mol. The third-order valence-electron chi connectivity index (χ3n) is 4.82. The van der Waals surface area contributed by atoms with E-state index in [-0.39, 0.29) is 34.9 Å². The van der Waals surface area contributed by atoms with Gasteiger partial charge < -0.3 is 5.73 Å². The van der Waals surface area contributed by atoms with E-state index in [1.165, 1.54) is 23.4 Å². The van der Waals surface area contributed by atoms with Crippen LogP contribution in [-0.4, -0.2) is 38.1 Å². The molecule has 2 aromatic rings. The Labute approximate surface area is 160 Å². The van der Waals surface area contributed by atoms with Crippen molar-refractivity contribution in [3.63, 3.8) is 0 Å². The van der Waals surface area contributed by atoms with Crippen LogP contribution in [-0.2, 0) is 10.0 Å². The Balaban J connectivity index is 0.00000243. The van der Waals surface area contributed by atoms with Gasteiger partial charge in [-0.2, -0.15) is 4.31 Å². The van der Waals surface area contributed by atoms with Crippen LogP contribution in [0.4, 0.5) is 0 Å². The number of nitrogens with zero attached hydrogens (tertiary/aromatic N) is 1. The minimum Gasteiger partial charge on any atom is -0.330 e. The Bertz CT molecular complexity index is 871. The third-order valence-corrected chi connectivity index (χ3v) is 6.64. The summed E-state index contributed by atoms with van der Waals surface area (Å²) in [5, 5.41) is 0. The van der Waals surface area contributed by atoms with Gasteiger partial charge in [0, 0.05) is 24.6 Å². The molecule has 2 N–H and O–H groups in total. The van der Waals surface area contributed by atoms with Gasteiger partial charge in [-0.15, -0.1) is 12.4 Å². The summed E-state index contributed by atoms with van der Waals surface area (Å²) in [4.78, 5) is 11.7. The summed E-state index contributed by atoms with van der Waals surface area (Å²) in [6.45, 7) is 2.65. The van der Waals surface area contributed by atoms with Crippen LogP contribution < -0.4 is 5.73 Å². The molecule has 26 heavy (non-hydrogen) atoms. The summed E-state index contributed by atoms with van der Waals surface area (Å²) in [6, 6.07) is 16.1. The lowest BCUT2D eigenvalue weighted by molar-refractivity contribution is 0.101. The topological polar surface area (TPSA) is 80.5 Å². The van der Waals surface area contributed by atoms with Crippen molar-refractivity contribution in [3.05, 3.63) is 65.7 Å². The Morgan fingerprint density at radius 1 is 1.12 bits per heavy atom. The predicted molar refractivity (Wildman–Crippen MR) is 104 cm³/mol. The van der Waals surface area contributed by atoms with Gasteiger partial charge in [-0.1, -0.05) is 42.5 Å². The van der Waals surface area contributed by atoms with E-state index in [0.29, 0.717) is 25.2 Å². The van der Waals surface area contributed by atoms with Crippen molar-refractivity contribution in [2.45, 2.75) is 17.7 Å². The number of rotatable bonds is 5. The molecule has 1 heterocycles. The summed E-state index contributed by atoms with van der Waals surface area (Å²) >= 11 is 0. The Kier molecular flexibility index (Phi) is 6.58. The van der Waals surface area contributed by atoms with Crippen LogP contribution in [0.1, 0.15) is 28.8 Å². The molecule has 0 bridgehead atoms. The Hall–Kier alpha value is -1.73. The first-order valence-corrected chi connectivity index (χ1v) is 9.73. The SMILES string of the molecule is CC(=O)c1cccc(S(=O)(=O)N2C[C@@H](CN)[C@H](c3ccccc3)C2)c1.Cl. The number of ketones is 1. The molecule has 0 radical (unpaired) electrons. The van der Waals surface area contributed by atoms with Crippen LogP contribution in [0.3, 0.4) is 0 Å². The zero-order chi connectivity index (χ0) is 18.0. The minimum absolute atomic E-state index is 0. The number of hydrogen-bond donors (Lipinski definition) is 1. The molecule has 0 amide bonds. The number of Topliss-reactive ketones (excluding diaryl/α,β-unsaturated/α-hetero) is 1. The first kappa shape index (κ1) is 20.6. The van der Waals surface area contributed by atoms with Crippen molar-refractivity contribution in [2.75, 3.05) is 19.6 Å². The molecule has 2 atom stereocenters. The summed E-state index contributed by atoms with van der Waals surface area (Å²) in [5.41, 5.74) is 7.41. The zero-order valence-corrected chi connectivity index (χ0v) is 16.2. The van der Waals surface area contributed by atoms with Crippen molar-refractivity contribution in [1.82, 2.24) is 4.31 Å². The van der Waals surface area contributed by atoms with E-state index in [1.54, 1.807) is 12.1 Å². The molecular formula is C19H23ClN2O3S. The number of halogens is 1. The molecule has 140 valence electrons. The maximum atomic E-state index is 13.0. The number of benzene rings is 2. The summed E-state index contributed by atoms with van der Waals surface area (Å²) in [6.07, 6.45) is 0. The molecule has 5 nitrogen and oxygen atoms in total. The van der Waals surface area contributed by atoms with E-state index in [0.717, 1.165) is 5.56 Å². The number of hydrogen-bond acceptors (Lipinski definition) is 4. The predicted octanol–water partition coefficient (Wildman–Crippen LogP) is 2.67. The minimum atomic E-state index is -3.65. The van der Waals surface area contributed by atoms with Crippen molar-refractivity contribution in [2.24, 2.45) is 11.7 Å². The highest BCUT2D eigenvalue weighted by Gasteiger charge is 2.39. The van der Waals surface area contributed by atoms with Crippen LogP contribution in [0.15, 0.2) is 59.5 Å². The van der Waals surface area contributed by atoms with E-state index in [2.05, 4.69) is 0 Å². The second kappa shape index (κ2) is 8.31. The van der Waals surface area contributed by atoms with E-state index in [4.69, 9.17) is 5.73 Å². The highest BCUT2D eigenvalue weighted by molar-refractivity contribution is 7.89. The molecule has 0 saturated carbocycles. The maximum Gasteiger partial charge on any atom is 0.243 e. The molecule has 0 spiro atoms. The largest absolute Gasteiger partial charge is 0.330 e. The molecule has 0 aromatic heterocycles. The molecular weight excluding hydrogens is 372 g/mol. The van der Waals surface area contributed by atoms with Crippen LogP contribution in [0.2, 0.25) is 0 Å². The van der Waals surface area contributed by atoms with Gasteiger partial charge in [0.15, 0.2) is 5.78 Å². The van der Waals surface area contributed by atoms with Crippen LogP contribution in [0.25, 0.3) is 0 Å². The monoisotopic (exact) mass is 394 g/mol. The number of sulfonamides is 1. The molecule has 1 aliphatic rings. The molecule has 0 unspecified atom stereocenters. The van der Waals surface area contributed by atoms with Gasteiger partial charge in [0.1, 0.15) is 0 Å². The zero-order valence-electron chi connectivity index (χ0n) is 14.5. The van der Waals surface area contributed by atoms with Gasteiger partial charge in [-0.05, 0) is 37.1 Å². The molecule has 2 aromatic carbocycles. The lowest BCUT2D eigenvalue weighted by Gasteiger charge is -2.17. The lowest BCUT2D eigenvalue weighted by Crippen LogP contribution is -2.30. The first-order valence-electron chi connectivity index (χ1n) is 8.29. The quantitative estimate of drug-likeness (QED) is 0.790. The van der Waals surface area contributed by atoms with Gasteiger partial charge in [0.2, 0.25) is 10.0 Å². The normalized spacial score (nSPS) is 20.5. The van der Waals surface area contributed by atoms with Crippen molar-refractivity contribution in [3.8, 4) is 0 Å². The van der Waals surface area contributed by atoms with Gasteiger partial charge in [0.05, 0.1) is 4.90 Å². The van der Waals surface area contributed by atoms with Crippen molar-refractivity contribution in [1.29, 1.82) is 0 Å². The number of carbonyl (C=O) groups is 1. The number of nitrogens with two attached hydrogens (primary N) is 1. The number of carbonyl (C=O) groups excluding carboxylic acids is 1. The van der Waals surface area contributed by atoms with E-state index in [9.17, 15) is 13.2 Å². The van der Waals surface area contributed by atoms with Gasteiger partial charge in [0.25, 0.3) is 0 Å². The Morgan fingerprint density at radius 3 is 2.42 bits per heavy atom. The van der Waals surface area contributed by atoms with Gasteiger partial charge in [-0.3, -0.25) is 4.79 Å². The molecule has 1 aliphatic heterocycles. The maximum absolute atomic E-state index is 13.0. The summed E-state index contributed by atoms with van der Waals surface area (Å²) in [5.74, 6) is 0.00518. The van der Waals surface area contributed by atoms with Gasteiger partial charge >= 0.3 is 0 Å². The molecule has 7 heteroatoms. The third kappa shape index (κ3) is 3.99. The molecule has 0 aliphatic carbocycles. The second-order valence-corrected chi connectivity index (χ2v) is 8.36. The van der Waals surface area contributed by atoms with E-state index in [1.807, 2.05) is 30.3 Å². The smallest absolute Gasteiger partial charge is 0.243 e. The standard InChI is InChI=1S/C19H22N2O3S.ClH/c1-14(22)16-8-5-9-18(10-16)25(23,24)21-12-17(11-20)19(13-21)15-6-3-2-4-7-15;/h2-10,17,19H,11-13,20H2,1H3;1H/t17-,19+;/m1./s1. The summed E-state index contributed by atoms with van der Waals surface area (Å²) in [7, 11) is -3.65. The van der Waals surface area contributed by atoms with Crippen LogP contribution in [0.5, 0.6) is 0 Å². The first-order chi connectivity index (χ1) is 11.9. The van der Waals surface area contributed by atoms with Crippen LogP contribution >= 0.6 is 12.4 Å². The second-order valence-electron chi connectivity index (χ2n) is 6.42. The Morgan fingerprint density at radius 2 is 1.81 bits per heavy atom. The fourth-order valence-corrected chi connectivity index (χ4v) is 4.94. The fraction of sp³-hybridized carbons (Fsp3) is 0.316. The van der Waals surface area contributed by atoms with Crippen molar-refractivity contribution >= 4 is 28.2 Å². The summed E-state index contributed by atoms with van der Waals surface area (Å²) < 4.78 is 27.5. The van der Waals surface area contributed by atoms with E-state index < -0.39 is 10.0 Å². The van der Waals surface area contributed by atoms with E-state index >= 15 is 0 Å². The molecule has 3 rings (SSSR count). The van der Waals surface area contributed by atoms with Crippen molar-refractivity contribution < 1.29 is 13.2 Å².